The molecule has 2 aromatic carbocycles. The van der Waals surface area contributed by atoms with Crippen LogP contribution in [0.25, 0.3) is 33.0 Å². The first kappa shape index (κ1) is 22.1. The third-order valence-electron chi connectivity index (χ3n) is 7.24. The number of aryl methyl sites for hydroxylation is 1. The number of halogens is 1. The van der Waals surface area contributed by atoms with Gasteiger partial charge in [0.05, 0.1) is 21.7 Å². The highest BCUT2D eigenvalue weighted by molar-refractivity contribution is 6.51. The molecule has 6 nitrogen and oxygen atoms in total. The molecule has 6 rings (SSSR count). The number of likely N-dealkylation sites (tertiary alicyclic amines) is 1. The average molecular weight is 487 g/mol. The molecule has 0 spiro atoms. The monoisotopic (exact) mass is 486 g/mol. The van der Waals surface area contributed by atoms with Gasteiger partial charge < -0.3 is 14.5 Å². The van der Waals surface area contributed by atoms with Crippen molar-refractivity contribution in [1.29, 1.82) is 0 Å². The summed E-state index contributed by atoms with van der Waals surface area (Å²) >= 11 is 6.69. The molecule has 7 heteroatoms. The molecule has 4 heterocycles. The summed E-state index contributed by atoms with van der Waals surface area (Å²) in [5.74, 6) is -0.768. The lowest BCUT2D eigenvalue weighted by molar-refractivity contribution is -0.122. The van der Waals surface area contributed by atoms with Crippen LogP contribution in [0.4, 0.5) is 0 Å². The van der Waals surface area contributed by atoms with Crippen LogP contribution in [0.15, 0.2) is 54.9 Å². The normalized spacial score (nSPS) is 17.2. The van der Waals surface area contributed by atoms with Crippen LogP contribution in [0.3, 0.4) is 0 Å². The summed E-state index contributed by atoms with van der Waals surface area (Å²) in [7, 11) is 0. The van der Waals surface area contributed by atoms with E-state index in [1.807, 2.05) is 48.7 Å². The Labute approximate surface area is 208 Å². The zero-order valence-electron chi connectivity index (χ0n) is 19.4. The number of hydrogen-bond acceptors (Lipinski definition) is 3. The molecule has 0 bridgehead atoms. The van der Waals surface area contributed by atoms with E-state index in [2.05, 4.69) is 19.8 Å². The number of amides is 2. The third-order valence-corrected chi connectivity index (χ3v) is 7.55. The van der Waals surface area contributed by atoms with Crippen LogP contribution >= 0.6 is 11.6 Å². The van der Waals surface area contributed by atoms with Gasteiger partial charge in [0.1, 0.15) is 0 Å². The topological polar surface area (TPSA) is 70.1 Å². The molecule has 1 saturated heterocycles. The van der Waals surface area contributed by atoms with E-state index in [4.69, 9.17) is 11.6 Å². The van der Waals surface area contributed by atoms with Crippen molar-refractivity contribution in [3.8, 4) is 0 Å². The van der Waals surface area contributed by atoms with Crippen molar-refractivity contribution < 1.29 is 9.59 Å². The fourth-order valence-electron chi connectivity index (χ4n) is 5.58. The summed E-state index contributed by atoms with van der Waals surface area (Å²) in [5, 5.41) is 4.81. The molecule has 2 amide bonds. The first-order chi connectivity index (χ1) is 17.1. The highest BCUT2D eigenvalue weighted by atomic mass is 35.5. The third kappa shape index (κ3) is 3.87. The van der Waals surface area contributed by atoms with Crippen molar-refractivity contribution in [2.24, 2.45) is 0 Å². The van der Waals surface area contributed by atoms with Gasteiger partial charge in [-0.25, -0.2) is 0 Å². The van der Waals surface area contributed by atoms with Gasteiger partial charge in [-0.1, -0.05) is 42.3 Å². The van der Waals surface area contributed by atoms with Crippen molar-refractivity contribution in [2.45, 2.75) is 32.2 Å². The van der Waals surface area contributed by atoms with Crippen LogP contribution in [0.5, 0.6) is 0 Å². The maximum atomic E-state index is 13.2. The predicted octanol–water partition coefficient (Wildman–Crippen LogP) is 5.22. The largest absolute Gasteiger partial charge is 0.361 e. The maximum Gasteiger partial charge on any atom is 0.259 e. The molecule has 0 unspecified atom stereocenters. The van der Waals surface area contributed by atoms with Gasteiger partial charge in [0.25, 0.3) is 11.8 Å². The number of rotatable bonds is 6. The summed E-state index contributed by atoms with van der Waals surface area (Å²) in [6.07, 6.45) is 8.69. The Kier molecular flexibility index (Phi) is 5.71. The van der Waals surface area contributed by atoms with Crippen molar-refractivity contribution in [2.75, 3.05) is 19.6 Å². The minimum absolute atomic E-state index is 0.382. The second-order valence-electron chi connectivity index (χ2n) is 9.41. The molecule has 2 N–H and O–H groups in total. The standard InChI is InChI=1S/C28H27ClN4O2/c29-21-9-6-11-23-24(21)20(17-33(23)15-7-14-32-12-4-1-5-13-32)26-25(27(34)31-28(26)35)19-16-30-22-10-3-2-8-18(19)22/h2-3,6,8-11,16-17,30H,1,4-5,7,12-15H2,(H,31,34,35). The van der Waals surface area contributed by atoms with Gasteiger partial charge in [0.2, 0.25) is 0 Å². The lowest BCUT2D eigenvalue weighted by Gasteiger charge is -2.26. The fourth-order valence-corrected chi connectivity index (χ4v) is 5.85. The predicted molar refractivity (Wildman–Crippen MR) is 140 cm³/mol. The number of H-pyrrole nitrogens is 1. The number of piperidine rings is 1. The number of imide groups is 1. The Hall–Kier alpha value is -3.35. The highest BCUT2D eigenvalue weighted by Gasteiger charge is 2.35. The van der Waals surface area contributed by atoms with E-state index in [0.717, 1.165) is 46.9 Å². The van der Waals surface area contributed by atoms with Crippen molar-refractivity contribution in [3.05, 3.63) is 71.0 Å². The van der Waals surface area contributed by atoms with E-state index >= 15 is 0 Å². The number of para-hydroxylation sites is 1. The van der Waals surface area contributed by atoms with Gasteiger partial charge >= 0.3 is 0 Å². The van der Waals surface area contributed by atoms with E-state index in [9.17, 15) is 9.59 Å². The van der Waals surface area contributed by atoms with Crippen LogP contribution in [-0.2, 0) is 16.1 Å². The summed E-state index contributed by atoms with van der Waals surface area (Å²) in [4.78, 5) is 31.9. The smallest absolute Gasteiger partial charge is 0.259 e. The molecule has 2 aliphatic rings. The number of aromatic nitrogens is 2. The Bertz CT molecular complexity index is 1490. The number of fused-ring (bicyclic) bond motifs is 2. The van der Waals surface area contributed by atoms with Gasteiger partial charge in [-0.3, -0.25) is 14.9 Å². The quantitative estimate of drug-likeness (QED) is 0.367. The maximum absolute atomic E-state index is 13.2. The van der Waals surface area contributed by atoms with Crippen LogP contribution in [0, 0.1) is 0 Å². The Morgan fingerprint density at radius 1 is 0.857 bits per heavy atom. The number of hydrogen-bond donors (Lipinski definition) is 2. The van der Waals surface area contributed by atoms with Crippen molar-refractivity contribution in [1.82, 2.24) is 19.8 Å². The van der Waals surface area contributed by atoms with E-state index in [-0.39, 0.29) is 11.8 Å². The fraction of sp³-hybridized carbons (Fsp3) is 0.286. The molecule has 178 valence electrons. The average Bonchev–Trinajstić information content (AvgIpc) is 3.53. The molecule has 35 heavy (non-hydrogen) atoms. The van der Waals surface area contributed by atoms with Crippen LogP contribution in [0.1, 0.15) is 36.8 Å². The zero-order chi connectivity index (χ0) is 23.9. The van der Waals surface area contributed by atoms with Crippen molar-refractivity contribution in [3.63, 3.8) is 0 Å². The summed E-state index contributed by atoms with van der Waals surface area (Å²) in [5.41, 5.74) is 4.08. The zero-order valence-corrected chi connectivity index (χ0v) is 20.2. The van der Waals surface area contributed by atoms with E-state index < -0.39 is 0 Å². The SMILES string of the molecule is O=C1NC(=O)C(c2cn(CCCN3CCCCC3)c3cccc(Cl)c23)=C1c1c[nH]c2ccccc12. The molecule has 0 aliphatic carbocycles. The van der Waals surface area contributed by atoms with Crippen LogP contribution < -0.4 is 5.32 Å². The number of nitrogens with zero attached hydrogens (tertiary/aromatic N) is 2. The Balaban J connectivity index is 1.45. The number of benzene rings is 2. The van der Waals surface area contributed by atoms with Gasteiger partial charge in [-0.05, 0) is 57.1 Å². The number of carbonyl (C=O) groups is 2. The van der Waals surface area contributed by atoms with E-state index in [0.29, 0.717) is 21.7 Å². The summed E-state index contributed by atoms with van der Waals surface area (Å²) in [6.45, 7) is 4.22. The van der Waals surface area contributed by atoms with Crippen LogP contribution in [0.2, 0.25) is 5.02 Å². The lowest BCUT2D eigenvalue weighted by Crippen LogP contribution is -2.31. The first-order valence-corrected chi connectivity index (χ1v) is 12.7. The van der Waals surface area contributed by atoms with Crippen molar-refractivity contribution >= 4 is 56.4 Å². The van der Waals surface area contributed by atoms with Gasteiger partial charge in [-0.15, -0.1) is 0 Å². The molecule has 1 fully saturated rings. The second kappa shape index (κ2) is 9.02. The molecule has 0 radical (unpaired) electrons. The molecule has 4 aromatic rings. The van der Waals surface area contributed by atoms with Crippen LogP contribution in [-0.4, -0.2) is 45.9 Å². The number of carbonyl (C=O) groups excluding carboxylic acids is 2. The van der Waals surface area contributed by atoms with Gasteiger partial charge in [0.15, 0.2) is 0 Å². The first-order valence-electron chi connectivity index (χ1n) is 12.3. The molecular weight excluding hydrogens is 460 g/mol. The molecule has 2 aliphatic heterocycles. The summed E-state index contributed by atoms with van der Waals surface area (Å²) in [6, 6.07) is 13.6. The Morgan fingerprint density at radius 2 is 1.63 bits per heavy atom. The molecule has 2 aromatic heterocycles. The van der Waals surface area contributed by atoms with Gasteiger partial charge in [0, 0.05) is 46.4 Å². The lowest BCUT2D eigenvalue weighted by atomic mass is 9.95. The van der Waals surface area contributed by atoms with E-state index in [1.54, 1.807) is 6.20 Å². The molecule has 0 saturated carbocycles. The molecular formula is C28H27ClN4O2. The minimum Gasteiger partial charge on any atom is -0.361 e. The van der Waals surface area contributed by atoms with E-state index in [1.165, 1.54) is 32.4 Å². The highest BCUT2D eigenvalue weighted by Crippen LogP contribution is 2.40. The summed E-state index contributed by atoms with van der Waals surface area (Å²) < 4.78 is 2.18. The number of nitrogens with one attached hydrogen (secondary N) is 2. The number of aromatic amines is 1. The Morgan fingerprint density at radius 3 is 2.46 bits per heavy atom. The minimum atomic E-state index is -0.387. The molecule has 0 atom stereocenters. The van der Waals surface area contributed by atoms with Gasteiger partial charge in [-0.2, -0.15) is 0 Å². The second-order valence-corrected chi connectivity index (χ2v) is 9.81.